The summed E-state index contributed by atoms with van der Waals surface area (Å²) in [6, 6.07) is 2.89. The first kappa shape index (κ1) is 11.3. The fourth-order valence-corrected chi connectivity index (χ4v) is 2.00. The average molecular weight is 246 g/mol. The van der Waals surface area contributed by atoms with E-state index in [-0.39, 0.29) is 0 Å². The maximum absolute atomic E-state index is 12.7. The van der Waals surface area contributed by atoms with Crippen LogP contribution in [0.4, 0.5) is 9.57 Å². The third kappa shape index (κ3) is 2.48. The average Bonchev–Trinajstić information content (AvgIpc) is 2.29. The quantitative estimate of drug-likeness (QED) is 0.714. The van der Waals surface area contributed by atoms with Gasteiger partial charge in [0.05, 0.1) is 13.2 Å². The molecule has 0 amide bonds. The number of anilines is 1. The number of aromatic nitrogens is 1. The standard InChI is InChI=1S/C9H11FN2O3S/c10-16(13,14)9-7-8(1-2-11-9)12-3-5-15-6-4-12/h1-2,7H,3-6H2. The van der Waals surface area contributed by atoms with Crippen LogP contribution in [-0.4, -0.2) is 39.7 Å². The normalized spacial score (nSPS) is 17.4. The molecule has 0 aliphatic carbocycles. The van der Waals surface area contributed by atoms with Crippen molar-refractivity contribution >= 4 is 15.9 Å². The number of nitrogens with zero attached hydrogens (tertiary/aromatic N) is 2. The molecule has 0 bridgehead atoms. The predicted molar refractivity (Wildman–Crippen MR) is 55.6 cm³/mol. The van der Waals surface area contributed by atoms with Gasteiger partial charge in [0.1, 0.15) is 0 Å². The van der Waals surface area contributed by atoms with Crippen LogP contribution in [0.15, 0.2) is 23.4 Å². The van der Waals surface area contributed by atoms with E-state index >= 15 is 0 Å². The Kier molecular flexibility index (Phi) is 3.06. The van der Waals surface area contributed by atoms with Crippen LogP contribution in [0.5, 0.6) is 0 Å². The van der Waals surface area contributed by atoms with Crippen molar-refractivity contribution in [2.75, 3.05) is 31.2 Å². The zero-order valence-corrected chi connectivity index (χ0v) is 9.28. The lowest BCUT2D eigenvalue weighted by molar-refractivity contribution is 0.122. The number of morpholine rings is 1. The van der Waals surface area contributed by atoms with Crippen molar-refractivity contribution in [3.8, 4) is 0 Å². The lowest BCUT2D eigenvalue weighted by Crippen LogP contribution is -2.36. The molecule has 1 aliphatic rings. The third-order valence-corrected chi connectivity index (χ3v) is 3.07. The van der Waals surface area contributed by atoms with Gasteiger partial charge in [-0.15, -0.1) is 0 Å². The molecule has 1 fully saturated rings. The fourth-order valence-electron chi connectivity index (χ4n) is 1.55. The maximum Gasteiger partial charge on any atom is 0.349 e. The van der Waals surface area contributed by atoms with E-state index in [0.717, 1.165) is 0 Å². The Morgan fingerprint density at radius 3 is 2.69 bits per heavy atom. The van der Waals surface area contributed by atoms with Gasteiger partial charge in [-0.25, -0.2) is 4.98 Å². The van der Waals surface area contributed by atoms with Crippen molar-refractivity contribution in [1.29, 1.82) is 0 Å². The molecule has 1 aromatic rings. The number of pyridine rings is 1. The minimum absolute atomic E-state index is 0.545. The Balaban J connectivity index is 2.28. The minimum atomic E-state index is -4.73. The summed E-state index contributed by atoms with van der Waals surface area (Å²) in [6.07, 6.45) is 1.29. The molecule has 5 nitrogen and oxygen atoms in total. The number of halogens is 1. The Bertz CT molecular complexity index is 471. The second-order valence-corrected chi connectivity index (χ2v) is 4.68. The Morgan fingerprint density at radius 2 is 2.06 bits per heavy atom. The van der Waals surface area contributed by atoms with Gasteiger partial charge < -0.3 is 9.64 Å². The van der Waals surface area contributed by atoms with Gasteiger partial charge >= 0.3 is 10.2 Å². The van der Waals surface area contributed by atoms with Crippen molar-refractivity contribution in [1.82, 2.24) is 4.98 Å². The number of hydrogen-bond donors (Lipinski definition) is 0. The van der Waals surface area contributed by atoms with Crippen LogP contribution in [0.25, 0.3) is 0 Å². The molecule has 0 spiro atoms. The van der Waals surface area contributed by atoms with Gasteiger partial charge in [-0.3, -0.25) is 0 Å². The summed E-state index contributed by atoms with van der Waals surface area (Å²) in [4.78, 5) is 5.42. The molecule has 0 radical (unpaired) electrons. The van der Waals surface area contributed by atoms with Gasteiger partial charge in [-0.1, -0.05) is 3.89 Å². The second kappa shape index (κ2) is 4.34. The van der Waals surface area contributed by atoms with Crippen LogP contribution in [0.3, 0.4) is 0 Å². The third-order valence-electron chi connectivity index (χ3n) is 2.34. The van der Waals surface area contributed by atoms with Crippen LogP contribution < -0.4 is 4.90 Å². The molecule has 16 heavy (non-hydrogen) atoms. The Morgan fingerprint density at radius 1 is 1.38 bits per heavy atom. The fraction of sp³-hybridized carbons (Fsp3) is 0.444. The Labute approximate surface area is 93.1 Å². The molecule has 2 rings (SSSR count). The largest absolute Gasteiger partial charge is 0.378 e. The van der Waals surface area contributed by atoms with Gasteiger partial charge in [0, 0.05) is 31.0 Å². The van der Waals surface area contributed by atoms with Crippen LogP contribution >= 0.6 is 0 Å². The first-order valence-corrected chi connectivity index (χ1v) is 6.19. The first-order valence-electron chi connectivity index (χ1n) is 4.81. The lowest BCUT2D eigenvalue weighted by atomic mass is 10.3. The molecule has 0 aromatic carbocycles. The molecule has 0 atom stereocenters. The van der Waals surface area contributed by atoms with E-state index in [1.807, 2.05) is 4.90 Å². The van der Waals surface area contributed by atoms with Crippen LogP contribution in [-0.2, 0) is 15.0 Å². The molecular weight excluding hydrogens is 235 g/mol. The highest BCUT2D eigenvalue weighted by atomic mass is 32.3. The summed E-state index contributed by atoms with van der Waals surface area (Å²) in [7, 11) is -4.73. The summed E-state index contributed by atoms with van der Waals surface area (Å²) in [5.41, 5.74) is 0.648. The van der Waals surface area contributed by atoms with Crippen molar-refractivity contribution in [3.63, 3.8) is 0 Å². The summed E-state index contributed by atoms with van der Waals surface area (Å²) in [6.45, 7) is 2.49. The predicted octanol–water partition coefficient (Wildman–Crippen LogP) is 0.576. The number of rotatable bonds is 2. The Hall–Kier alpha value is -1.21. The molecule has 0 saturated carbocycles. The molecule has 2 heterocycles. The summed E-state index contributed by atoms with van der Waals surface area (Å²) in [5.74, 6) is 0. The summed E-state index contributed by atoms with van der Waals surface area (Å²) in [5, 5.41) is -0.545. The second-order valence-electron chi connectivity index (χ2n) is 3.39. The SMILES string of the molecule is O=S(=O)(F)c1cc(N2CCOCC2)ccn1. The van der Waals surface area contributed by atoms with E-state index in [1.165, 1.54) is 12.3 Å². The van der Waals surface area contributed by atoms with E-state index in [2.05, 4.69) is 4.98 Å². The van der Waals surface area contributed by atoms with Gasteiger partial charge in [0.15, 0.2) is 5.03 Å². The highest BCUT2D eigenvalue weighted by Crippen LogP contribution is 2.19. The van der Waals surface area contributed by atoms with E-state index in [9.17, 15) is 12.3 Å². The summed E-state index contributed by atoms with van der Waals surface area (Å²) < 4.78 is 39.3. The van der Waals surface area contributed by atoms with E-state index in [4.69, 9.17) is 4.74 Å². The molecule has 7 heteroatoms. The molecule has 0 N–H and O–H groups in total. The zero-order valence-electron chi connectivity index (χ0n) is 8.47. The van der Waals surface area contributed by atoms with Gasteiger partial charge in [-0.2, -0.15) is 8.42 Å². The highest BCUT2D eigenvalue weighted by Gasteiger charge is 2.17. The van der Waals surface area contributed by atoms with Crippen molar-refractivity contribution in [3.05, 3.63) is 18.3 Å². The number of ether oxygens (including phenoxy) is 1. The van der Waals surface area contributed by atoms with Crippen molar-refractivity contribution in [2.45, 2.75) is 5.03 Å². The molecule has 1 aliphatic heterocycles. The van der Waals surface area contributed by atoms with Gasteiger partial charge in [0.25, 0.3) is 0 Å². The highest BCUT2D eigenvalue weighted by molar-refractivity contribution is 7.86. The van der Waals surface area contributed by atoms with E-state index < -0.39 is 15.2 Å². The first-order chi connectivity index (χ1) is 7.57. The van der Waals surface area contributed by atoms with Crippen LogP contribution in [0.1, 0.15) is 0 Å². The monoisotopic (exact) mass is 246 g/mol. The van der Waals surface area contributed by atoms with Crippen LogP contribution in [0.2, 0.25) is 0 Å². The zero-order chi connectivity index (χ0) is 11.6. The van der Waals surface area contributed by atoms with Gasteiger partial charge in [0.2, 0.25) is 0 Å². The summed E-state index contributed by atoms with van der Waals surface area (Å²) >= 11 is 0. The van der Waals surface area contributed by atoms with E-state index in [1.54, 1.807) is 6.07 Å². The van der Waals surface area contributed by atoms with Gasteiger partial charge in [-0.05, 0) is 6.07 Å². The number of hydrogen-bond acceptors (Lipinski definition) is 5. The maximum atomic E-state index is 12.7. The molecule has 1 aromatic heterocycles. The lowest BCUT2D eigenvalue weighted by Gasteiger charge is -2.28. The molecule has 1 saturated heterocycles. The topological polar surface area (TPSA) is 59.5 Å². The van der Waals surface area contributed by atoms with E-state index in [0.29, 0.717) is 32.0 Å². The van der Waals surface area contributed by atoms with Crippen LogP contribution in [0, 0.1) is 0 Å². The molecular formula is C9H11FN2O3S. The smallest absolute Gasteiger partial charge is 0.349 e. The van der Waals surface area contributed by atoms with Crippen molar-refractivity contribution in [2.24, 2.45) is 0 Å². The van der Waals surface area contributed by atoms with Crippen molar-refractivity contribution < 1.29 is 17.0 Å². The minimum Gasteiger partial charge on any atom is -0.378 e. The molecule has 88 valence electrons. The molecule has 0 unspecified atom stereocenters.